The van der Waals surface area contributed by atoms with E-state index in [2.05, 4.69) is 32.5 Å². The number of halogens is 1. The van der Waals surface area contributed by atoms with Gasteiger partial charge in [0, 0.05) is 6.54 Å². The van der Waals surface area contributed by atoms with Gasteiger partial charge in [0.15, 0.2) is 0 Å². The molecule has 0 unspecified atom stereocenters. The Kier molecular flexibility index (Phi) is 4.19. The molecule has 0 aliphatic heterocycles. The van der Waals surface area contributed by atoms with Gasteiger partial charge in [-0.2, -0.15) is 15.0 Å². The molecule has 0 spiro atoms. The second-order valence-electron chi connectivity index (χ2n) is 4.60. The van der Waals surface area contributed by atoms with Crippen LogP contribution in [0.2, 0.25) is 5.28 Å². The lowest BCUT2D eigenvalue weighted by Gasteiger charge is -2.40. The number of hydrogen-bond donors (Lipinski definition) is 3. The van der Waals surface area contributed by atoms with Crippen molar-refractivity contribution in [1.29, 1.82) is 0 Å². The number of nitrogens with one attached hydrogen (secondary N) is 2. The van der Waals surface area contributed by atoms with Gasteiger partial charge >= 0.3 is 0 Å². The molecule has 7 heteroatoms. The lowest BCUT2D eigenvalue weighted by atomic mass is 9.77. The average Bonchev–Trinajstić information content (AvgIpc) is 2.30. The molecule has 1 aromatic heterocycles. The topological polar surface area (TPSA) is 83.0 Å². The molecule has 0 bridgehead atoms. The minimum absolute atomic E-state index is 0.0774. The van der Waals surface area contributed by atoms with Crippen molar-refractivity contribution in [3.8, 4) is 0 Å². The van der Waals surface area contributed by atoms with Crippen molar-refractivity contribution in [1.82, 2.24) is 15.0 Å². The van der Waals surface area contributed by atoms with Crippen molar-refractivity contribution in [3.05, 3.63) is 5.28 Å². The Morgan fingerprint density at radius 3 is 2.56 bits per heavy atom. The summed E-state index contributed by atoms with van der Waals surface area (Å²) in [6.45, 7) is 2.92. The van der Waals surface area contributed by atoms with Gasteiger partial charge < -0.3 is 15.7 Å². The molecule has 0 amide bonds. The highest BCUT2D eigenvalue weighted by molar-refractivity contribution is 6.28. The standard InChI is InChI=1S/C11H18ClN5O/c1-2-6-13-9-14-8(12)15-10(16-9)17-11(7-18)4-3-5-11/h18H,2-7H2,1H3,(H2,13,14,15,16,17). The van der Waals surface area contributed by atoms with E-state index in [-0.39, 0.29) is 17.4 Å². The van der Waals surface area contributed by atoms with Gasteiger partial charge in [-0.25, -0.2) is 0 Å². The number of rotatable bonds is 6. The minimum atomic E-state index is -0.285. The fourth-order valence-corrected chi connectivity index (χ4v) is 2.05. The highest BCUT2D eigenvalue weighted by Crippen LogP contribution is 2.34. The molecule has 1 saturated carbocycles. The number of aliphatic hydroxyl groups is 1. The molecule has 0 radical (unpaired) electrons. The number of aromatic nitrogens is 3. The first kappa shape index (κ1) is 13.3. The second-order valence-corrected chi connectivity index (χ2v) is 4.93. The maximum absolute atomic E-state index is 9.40. The molecule has 0 aromatic carbocycles. The molecule has 1 fully saturated rings. The molecule has 3 N–H and O–H groups in total. The zero-order valence-corrected chi connectivity index (χ0v) is 11.2. The number of hydrogen-bond acceptors (Lipinski definition) is 6. The van der Waals surface area contributed by atoms with Crippen molar-refractivity contribution >= 4 is 23.5 Å². The molecule has 1 aliphatic rings. The third-order valence-electron chi connectivity index (χ3n) is 3.13. The van der Waals surface area contributed by atoms with Crippen molar-refractivity contribution < 1.29 is 5.11 Å². The lowest BCUT2D eigenvalue weighted by molar-refractivity contribution is 0.143. The van der Waals surface area contributed by atoms with E-state index in [1.165, 1.54) is 0 Å². The summed E-state index contributed by atoms with van der Waals surface area (Å²) in [5.41, 5.74) is -0.285. The maximum Gasteiger partial charge on any atom is 0.229 e. The number of nitrogens with zero attached hydrogens (tertiary/aromatic N) is 3. The Balaban J connectivity index is 2.09. The summed E-state index contributed by atoms with van der Waals surface area (Å²) in [6.07, 6.45) is 3.93. The van der Waals surface area contributed by atoms with Crippen LogP contribution in [0.25, 0.3) is 0 Å². The van der Waals surface area contributed by atoms with Crippen molar-refractivity contribution in [2.24, 2.45) is 0 Å². The summed E-state index contributed by atoms with van der Waals surface area (Å²) in [5, 5.41) is 15.8. The van der Waals surface area contributed by atoms with Gasteiger partial charge in [0.1, 0.15) is 0 Å². The van der Waals surface area contributed by atoms with Crippen LogP contribution in [0.4, 0.5) is 11.9 Å². The Bertz CT molecular complexity index is 405. The van der Waals surface area contributed by atoms with Crippen LogP contribution in [0.3, 0.4) is 0 Å². The van der Waals surface area contributed by atoms with Crippen LogP contribution in [0.15, 0.2) is 0 Å². The van der Waals surface area contributed by atoms with E-state index in [9.17, 15) is 5.11 Å². The van der Waals surface area contributed by atoms with Crippen molar-refractivity contribution in [2.75, 3.05) is 23.8 Å². The van der Waals surface area contributed by atoms with Crippen LogP contribution < -0.4 is 10.6 Å². The summed E-state index contributed by atoms with van der Waals surface area (Å²) >= 11 is 5.86. The minimum Gasteiger partial charge on any atom is -0.394 e. The van der Waals surface area contributed by atoms with E-state index in [1.54, 1.807) is 0 Å². The molecule has 100 valence electrons. The molecule has 18 heavy (non-hydrogen) atoms. The maximum atomic E-state index is 9.40. The van der Waals surface area contributed by atoms with E-state index in [0.29, 0.717) is 11.9 Å². The molecule has 0 atom stereocenters. The molecular formula is C11H18ClN5O. The van der Waals surface area contributed by atoms with Gasteiger partial charge in [-0.3, -0.25) is 0 Å². The molecular weight excluding hydrogens is 254 g/mol. The van der Waals surface area contributed by atoms with Gasteiger partial charge in [-0.15, -0.1) is 0 Å². The number of anilines is 2. The van der Waals surface area contributed by atoms with Gasteiger partial charge in [0.05, 0.1) is 12.1 Å². The highest BCUT2D eigenvalue weighted by Gasteiger charge is 2.37. The third-order valence-corrected chi connectivity index (χ3v) is 3.30. The molecule has 6 nitrogen and oxygen atoms in total. The van der Waals surface area contributed by atoms with Crippen LogP contribution in [-0.2, 0) is 0 Å². The van der Waals surface area contributed by atoms with E-state index >= 15 is 0 Å². The predicted octanol–water partition coefficient (Wildman–Crippen LogP) is 1.67. The average molecular weight is 272 g/mol. The zero-order valence-electron chi connectivity index (χ0n) is 10.4. The Morgan fingerprint density at radius 1 is 1.28 bits per heavy atom. The van der Waals surface area contributed by atoms with Crippen LogP contribution in [0.5, 0.6) is 0 Å². The van der Waals surface area contributed by atoms with Crippen molar-refractivity contribution in [2.45, 2.75) is 38.1 Å². The van der Waals surface area contributed by atoms with Crippen LogP contribution in [0.1, 0.15) is 32.6 Å². The van der Waals surface area contributed by atoms with E-state index < -0.39 is 0 Å². The lowest BCUT2D eigenvalue weighted by Crippen LogP contribution is -2.48. The van der Waals surface area contributed by atoms with Crippen molar-refractivity contribution in [3.63, 3.8) is 0 Å². The summed E-state index contributed by atoms with van der Waals surface area (Å²) in [4.78, 5) is 12.3. The molecule has 1 aromatic rings. The van der Waals surface area contributed by atoms with Crippen LogP contribution in [-0.4, -0.2) is 38.7 Å². The smallest absolute Gasteiger partial charge is 0.229 e. The van der Waals surface area contributed by atoms with Crippen LogP contribution in [0, 0.1) is 0 Å². The molecule has 1 heterocycles. The first-order valence-corrected chi connectivity index (χ1v) is 6.60. The van der Waals surface area contributed by atoms with Gasteiger partial charge in [0.2, 0.25) is 17.2 Å². The summed E-state index contributed by atoms with van der Waals surface area (Å²) < 4.78 is 0. The fraction of sp³-hybridized carbons (Fsp3) is 0.727. The Hall–Kier alpha value is -1.14. The normalized spacial score (nSPS) is 17.1. The predicted molar refractivity (Wildman–Crippen MR) is 70.9 cm³/mol. The van der Waals surface area contributed by atoms with Gasteiger partial charge in [-0.05, 0) is 37.3 Å². The first-order chi connectivity index (χ1) is 8.67. The van der Waals surface area contributed by atoms with E-state index in [1.807, 2.05) is 0 Å². The first-order valence-electron chi connectivity index (χ1n) is 6.22. The Labute approximate surface area is 111 Å². The summed E-state index contributed by atoms with van der Waals surface area (Å²) in [7, 11) is 0. The SMILES string of the molecule is CCCNc1nc(Cl)nc(NC2(CO)CCC2)n1. The van der Waals surface area contributed by atoms with E-state index in [0.717, 1.165) is 32.2 Å². The van der Waals surface area contributed by atoms with Crippen LogP contribution >= 0.6 is 11.6 Å². The molecule has 2 rings (SSSR count). The highest BCUT2D eigenvalue weighted by atomic mass is 35.5. The third kappa shape index (κ3) is 3.00. The fourth-order valence-electron chi connectivity index (χ4n) is 1.89. The monoisotopic (exact) mass is 271 g/mol. The summed E-state index contributed by atoms with van der Waals surface area (Å²) in [6, 6.07) is 0. The van der Waals surface area contributed by atoms with Gasteiger partial charge in [0.25, 0.3) is 0 Å². The van der Waals surface area contributed by atoms with Gasteiger partial charge in [-0.1, -0.05) is 6.92 Å². The summed E-state index contributed by atoms with van der Waals surface area (Å²) in [5.74, 6) is 0.883. The second kappa shape index (κ2) is 5.67. The quantitative estimate of drug-likeness (QED) is 0.730. The Morgan fingerprint density at radius 2 is 2.00 bits per heavy atom. The molecule has 1 aliphatic carbocycles. The zero-order chi connectivity index (χ0) is 13.0. The molecule has 0 saturated heterocycles. The number of aliphatic hydroxyl groups excluding tert-OH is 1. The largest absolute Gasteiger partial charge is 0.394 e. The van der Waals surface area contributed by atoms with E-state index in [4.69, 9.17) is 11.6 Å².